The fourth-order valence-electron chi connectivity index (χ4n) is 2.71. The number of amides is 1. The highest BCUT2D eigenvalue weighted by molar-refractivity contribution is 9.10. The second kappa shape index (κ2) is 5.08. The summed E-state index contributed by atoms with van der Waals surface area (Å²) in [5.74, 6) is 0.217. The third kappa shape index (κ3) is 2.48. The summed E-state index contributed by atoms with van der Waals surface area (Å²) in [5.41, 5.74) is 0.867. The van der Waals surface area contributed by atoms with Gasteiger partial charge in [-0.3, -0.25) is 4.79 Å². The van der Waals surface area contributed by atoms with E-state index in [-0.39, 0.29) is 5.91 Å². The van der Waals surface area contributed by atoms with E-state index >= 15 is 0 Å². The van der Waals surface area contributed by atoms with Crippen molar-refractivity contribution in [1.29, 1.82) is 0 Å². The van der Waals surface area contributed by atoms with E-state index in [1.165, 1.54) is 25.7 Å². The molecule has 1 saturated carbocycles. The van der Waals surface area contributed by atoms with Gasteiger partial charge in [0.1, 0.15) is 5.69 Å². The average molecular weight is 311 g/mol. The molecule has 3 rings (SSSR count). The van der Waals surface area contributed by atoms with Crippen LogP contribution in [0.3, 0.4) is 0 Å². The van der Waals surface area contributed by atoms with Gasteiger partial charge in [-0.15, -0.1) is 0 Å². The van der Waals surface area contributed by atoms with Crippen LogP contribution in [0, 0.1) is 0 Å². The van der Waals surface area contributed by atoms with E-state index in [1.54, 1.807) is 0 Å². The predicted molar refractivity (Wildman–Crippen MR) is 74.8 cm³/mol. The summed E-state index contributed by atoms with van der Waals surface area (Å²) >= 11 is 3.50. The van der Waals surface area contributed by atoms with Crippen molar-refractivity contribution in [3.63, 3.8) is 0 Å². The van der Waals surface area contributed by atoms with Gasteiger partial charge in [0.05, 0.1) is 0 Å². The Morgan fingerprint density at radius 1 is 1.17 bits per heavy atom. The highest BCUT2D eigenvalue weighted by atomic mass is 79.9. The topological polar surface area (TPSA) is 25.2 Å². The third-order valence-electron chi connectivity index (χ3n) is 3.87. The molecule has 4 heteroatoms. The van der Waals surface area contributed by atoms with Crippen molar-refractivity contribution < 1.29 is 4.79 Å². The molecule has 2 aliphatic rings. The van der Waals surface area contributed by atoms with Gasteiger partial charge in [-0.1, -0.05) is 12.8 Å². The standard InChI is InChI=1S/C14H19BrN2O/c15-11-9-13(17(10-11)12-5-6-12)14(18)16-7-3-1-2-4-8-16/h9-10,12H,1-8H2. The maximum absolute atomic E-state index is 12.6. The molecule has 0 unspecified atom stereocenters. The van der Waals surface area contributed by atoms with Crippen molar-refractivity contribution in [2.45, 2.75) is 44.6 Å². The molecule has 1 aliphatic carbocycles. The molecule has 18 heavy (non-hydrogen) atoms. The minimum atomic E-state index is 0.217. The second-order valence-corrected chi connectivity index (χ2v) is 6.30. The Bertz CT molecular complexity index is 443. The summed E-state index contributed by atoms with van der Waals surface area (Å²) in [6.45, 7) is 1.85. The largest absolute Gasteiger partial charge is 0.339 e. The van der Waals surface area contributed by atoms with E-state index in [1.807, 2.05) is 11.0 Å². The monoisotopic (exact) mass is 310 g/mol. The van der Waals surface area contributed by atoms with Gasteiger partial charge >= 0.3 is 0 Å². The van der Waals surface area contributed by atoms with Crippen LogP contribution < -0.4 is 0 Å². The van der Waals surface area contributed by atoms with E-state index < -0.39 is 0 Å². The first-order chi connectivity index (χ1) is 8.75. The van der Waals surface area contributed by atoms with Crippen LogP contribution in [0.25, 0.3) is 0 Å². The van der Waals surface area contributed by atoms with Crippen molar-refractivity contribution in [1.82, 2.24) is 9.47 Å². The molecule has 1 aromatic heterocycles. The Kier molecular flexibility index (Phi) is 3.46. The van der Waals surface area contributed by atoms with Crippen LogP contribution in [0.4, 0.5) is 0 Å². The fourth-order valence-corrected chi connectivity index (χ4v) is 3.15. The lowest BCUT2D eigenvalue weighted by Gasteiger charge is -2.21. The molecule has 0 atom stereocenters. The molecular formula is C14H19BrN2O. The maximum Gasteiger partial charge on any atom is 0.270 e. The first-order valence-electron chi connectivity index (χ1n) is 6.92. The Balaban J connectivity index is 1.82. The van der Waals surface area contributed by atoms with Gasteiger partial charge in [0.2, 0.25) is 0 Å². The highest BCUT2D eigenvalue weighted by Crippen LogP contribution is 2.37. The molecule has 0 radical (unpaired) electrons. The van der Waals surface area contributed by atoms with Crippen LogP contribution in [0.5, 0.6) is 0 Å². The Morgan fingerprint density at radius 3 is 2.44 bits per heavy atom. The van der Waals surface area contributed by atoms with Gasteiger partial charge in [-0.2, -0.15) is 0 Å². The van der Waals surface area contributed by atoms with Crippen molar-refractivity contribution in [3.8, 4) is 0 Å². The van der Waals surface area contributed by atoms with Crippen LogP contribution in [0.15, 0.2) is 16.7 Å². The molecular weight excluding hydrogens is 292 g/mol. The molecule has 2 heterocycles. The average Bonchev–Trinajstić information content (AvgIpc) is 3.16. The maximum atomic E-state index is 12.6. The van der Waals surface area contributed by atoms with Crippen molar-refractivity contribution in [3.05, 3.63) is 22.4 Å². The van der Waals surface area contributed by atoms with Crippen LogP contribution in [-0.4, -0.2) is 28.5 Å². The SMILES string of the molecule is O=C(c1cc(Br)cn1C1CC1)N1CCCCCC1. The van der Waals surface area contributed by atoms with Gasteiger partial charge in [-0.05, 0) is 47.7 Å². The number of aromatic nitrogens is 1. The lowest BCUT2D eigenvalue weighted by Crippen LogP contribution is -2.33. The van der Waals surface area contributed by atoms with Gasteiger partial charge < -0.3 is 9.47 Å². The molecule has 1 saturated heterocycles. The van der Waals surface area contributed by atoms with Gasteiger partial charge in [-0.25, -0.2) is 0 Å². The van der Waals surface area contributed by atoms with E-state index in [9.17, 15) is 4.79 Å². The first kappa shape index (κ1) is 12.3. The van der Waals surface area contributed by atoms with Crippen LogP contribution in [0.2, 0.25) is 0 Å². The molecule has 3 nitrogen and oxygen atoms in total. The Hall–Kier alpha value is -0.770. The Labute approximate surface area is 116 Å². The molecule has 2 fully saturated rings. The fraction of sp³-hybridized carbons (Fsp3) is 0.643. The molecule has 1 amide bonds. The van der Waals surface area contributed by atoms with Gasteiger partial charge in [0.25, 0.3) is 5.91 Å². The smallest absolute Gasteiger partial charge is 0.270 e. The number of hydrogen-bond acceptors (Lipinski definition) is 1. The van der Waals surface area contributed by atoms with E-state index in [4.69, 9.17) is 0 Å². The number of rotatable bonds is 2. The quantitative estimate of drug-likeness (QED) is 0.819. The molecule has 0 spiro atoms. The minimum Gasteiger partial charge on any atom is -0.339 e. The number of halogens is 1. The third-order valence-corrected chi connectivity index (χ3v) is 4.30. The van der Waals surface area contributed by atoms with E-state index in [2.05, 4.69) is 26.7 Å². The molecule has 0 aromatic carbocycles. The number of carbonyl (C=O) groups is 1. The molecule has 1 aromatic rings. The van der Waals surface area contributed by atoms with Gasteiger partial charge in [0.15, 0.2) is 0 Å². The lowest BCUT2D eigenvalue weighted by atomic mass is 10.2. The zero-order valence-corrected chi connectivity index (χ0v) is 12.2. The zero-order valence-electron chi connectivity index (χ0n) is 10.6. The van der Waals surface area contributed by atoms with Crippen LogP contribution >= 0.6 is 15.9 Å². The number of likely N-dealkylation sites (tertiary alicyclic amines) is 1. The van der Waals surface area contributed by atoms with Crippen molar-refractivity contribution in [2.24, 2.45) is 0 Å². The van der Waals surface area contributed by atoms with Crippen LogP contribution in [0.1, 0.15) is 55.1 Å². The van der Waals surface area contributed by atoms with Gasteiger partial charge in [0, 0.05) is 29.8 Å². The molecule has 1 aliphatic heterocycles. The van der Waals surface area contributed by atoms with Crippen molar-refractivity contribution >= 4 is 21.8 Å². The minimum absolute atomic E-state index is 0.217. The van der Waals surface area contributed by atoms with Crippen molar-refractivity contribution in [2.75, 3.05) is 13.1 Å². The summed E-state index contributed by atoms with van der Waals surface area (Å²) in [7, 11) is 0. The summed E-state index contributed by atoms with van der Waals surface area (Å²) < 4.78 is 3.18. The number of nitrogens with zero attached hydrogens (tertiary/aromatic N) is 2. The normalized spacial score (nSPS) is 20.8. The summed E-state index contributed by atoms with van der Waals surface area (Å²) in [5, 5.41) is 0. The summed E-state index contributed by atoms with van der Waals surface area (Å²) in [6, 6.07) is 2.54. The predicted octanol–water partition coefficient (Wildman–Crippen LogP) is 3.60. The molecule has 0 N–H and O–H groups in total. The summed E-state index contributed by atoms with van der Waals surface area (Å²) in [4.78, 5) is 14.6. The van der Waals surface area contributed by atoms with Crippen LogP contribution in [-0.2, 0) is 0 Å². The Morgan fingerprint density at radius 2 is 1.83 bits per heavy atom. The summed E-state index contributed by atoms with van der Waals surface area (Å²) in [6.07, 6.45) is 9.30. The second-order valence-electron chi connectivity index (χ2n) is 5.39. The molecule has 0 bridgehead atoms. The van der Waals surface area contributed by atoms with E-state index in [0.717, 1.165) is 36.1 Å². The van der Waals surface area contributed by atoms with E-state index in [0.29, 0.717) is 6.04 Å². The zero-order chi connectivity index (χ0) is 12.5. The number of carbonyl (C=O) groups excluding carboxylic acids is 1. The highest BCUT2D eigenvalue weighted by Gasteiger charge is 2.29. The first-order valence-corrected chi connectivity index (χ1v) is 7.71. The molecule has 98 valence electrons. The number of hydrogen-bond donors (Lipinski definition) is 0. The lowest BCUT2D eigenvalue weighted by molar-refractivity contribution is 0.0750.